The van der Waals surface area contributed by atoms with Gasteiger partial charge in [0, 0.05) is 51.0 Å². The third-order valence-corrected chi connectivity index (χ3v) is 5.41. The van der Waals surface area contributed by atoms with Crippen LogP contribution in [-0.2, 0) is 11.8 Å². The van der Waals surface area contributed by atoms with Crippen LogP contribution < -0.4 is 0 Å². The van der Waals surface area contributed by atoms with E-state index in [0.29, 0.717) is 11.6 Å². The Hall–Kier alpha value is -2.19. The first-order chi connectivity index (χ1) is 12.7. The number of likely N-dealkylation sites (tertiary alicyclic amines) is 1. The molecule has 8 heteroatoms. The van der Waals surface area contributed by atoms with Gasteiger partial charge < -0.3 is 9.64 Å². The van der Waals surface area contributed by atoms with Crippen LogP contribution in [0.5, 0.6) is 0 Å². The van der Waals surface area contributed by atoms with Crippen molar-refractivity contribution in [1.29, 1.82) is 0 Å². The number of amides is 1. The van der Waals surface area contributed by atoms with Crippen LogP contribution in [0.15, 0.2) is 18.6 Å². The average Bonchev–Trinajstić information content (AvgIpc) is 3.24. The summed E-state index contributed by atoms with van der Waals surface area (Å²) in [5.41, 5.74) is 2.26. The molecule has 2 aromatic heterocycles. The van der Waals surface area contributed by atoms with Crippen LogP contribution in [-0.4, -0.2) is 81.1 Å². The van der Waals surface area contributed by atoms with Crippen LogP contribution in [0.4, 0.5) is 0 Å². The van der Waals surface area contributed by atoms with Crippen molar-refractivity contribution in [3.05, 3.63) is 24.2 Å². The number of carbonyl (C=O) groups is 1. The third-order valence-electron chi connectivity index (χ3n) is 5.41. The molecule has 8 nitrogen and oxygen atoms in total. The van der Waals surface area contributed by atoms with E-state index in [1.807, 2.05) is 18.1 Å². The normalized spacial score (nSPS) is 22.3. The summed E-state index contributed by atoms with van der Waals surface area (Å²) < 4.78 is 7.19. The molecule has 2 fully saturated rings. The monoisotopic (exact) mass is 358 g/mol. The lowest BCUT2D eigenvalue weighted by molar-refractivity contribution is 0.0135. The second-order valence-corrected chi connectivity index (χ2v) is 7.09. The maximum atomic E-state index is 13.1. The van der Waals surface area contributed by atoms with Gasteiger partial charge >= 0.3 is 0 Å². The van der Waals surface area contributed by atoms with Crippen molar-refractivity contribution < 1.29 is 9.53 Å². The summed E-state index contributed by atoms with van der Waals surface area (Å²) in [4.78, 5) is 17.6. The lowest BCUT2D eigenvalue weighted by atomic mass is 10.1. The Bertz CT molecular complexity index is 748. The molecule has 0 aromatic carbocycles. The molecule has 1 atom stereocenters. The number of nitrogens with zero attached hydrogens (tertiary/aromatic N) is 5. The van der Waals surface area contributed by atoms with Crippen LogP contribution in [0, 0.1) is 0 Å². The van der Waals surface area contributed by atoms with Gasteiger partial charge in [0.1, 0.15) is 0 Å². The SMILES string of the molecule is Cn1cc(-c2[nH]ncc2C(=O)N2CCC[C@H](N3CCOCC3)CC2)cn1. The van der Waals surface area contributed by atoms with Gasteiger partial charge in [-0.25, -0.2) is 0 Å². The fourth-order valence-corrected chi connectivity index (χ4v) is 3.98. The zero-order valence-corrected chi connectivity index (χ0v) is 15.2. The molecule has 0 saturated carbocycles. The van der Waals surface area contributed by atoms with E-state index in [2.05, 4.69) is 20.2 Å². The smallest absolute Gasteiger partial charge is 0.257 e. The average molecular weight is 358 g/mol. The van der Waals surface area contributed by atoms with Gasteiger partial charge in [0.2, 0.25) is 0 Å². The highest BCUT2D eigenvalue weighted by Gasteiger charge is 2.28. The maximum Gasteiger partial charge on any atom is 0.257 e. The lowest BCUT2D eigenvalue weighted by Crippen LogP contribution is -2.44. The van der Waals surface area contributed by atoms with Gasteiger partial charge in [0.05, 0.1) is 36.9 Å². The fraction of sp³-hybridized carbons (Fsp3) is 0.611. The number of nitrogens with one attached hydrogen (secondary N) is 1. The summed E-state index contributed by atoms with van der Waals surface area (Å²) in [5, 5.41) is 11.3. The molecular formula is C18H26N6O2. The van der Waals surface area contributed by atoms with Gasteiger partial charge in [-0.3, -0.25) is 19.5 Å². The van der Waals surface area contributed by atoms with Crippen molar-refractivity contribution in [1.82, 2.24) is 29.8 Å². The Balaban J connectivity index is 1.45. The van der Waals surface area contributed by atoms with E-state index in [1.54, 1.807) is 17.1 Å². The summed E-state index contributed by atoms with van der Waals surface area (Å²) in [6.45, 7) is 5.25. The van der Waals surface area contributed by atoms with E-state index in [9.17, 15) is 4.79 Å². The Morgan fingerprint density at radius 2 is 2.04 bits per heavy atom. The molecule has 2 saturated heterocycles. The van der Waals surface area contributed by atoms with Crippen molar-refractivity contribution in [3.8, 4) is 11.3 Å². The van der Waals surface area contributed by atoms with Crippen molar-refractivity contribution in [2.24, 2.45) is 7.05 Å². The molecule has 2 aliphatic rings. The summed E-state index contributed by atoms with van der Waals surface area (Å²) in [5.74, 6) is 0.0558. The molecule has 4 rings (SSSR count). The number of carbonyl (C=O) groups excluding carboxylic acids is 1. The number of rotatable bonds is 3. The minimum atomic E-state index is 0.0558. The highest BCUT2D eigenvalue weighted by atomic mass is 16.5. The molecule has 0 bridgehead atoms. The highest BCUT2D eigenvalue weighted by Crippen LogP contribution is 2.24. The van der Waals surface area contributed by atoms with Crippen LogP contribution in [0.25, 0.3) is 11.3 Å². The van der Waals surface area contributed by atoms with Crippen molar-refractivity contribution in [2.75, 3.05) is 39.4 Å². The predicted octanol–water partition coefficient (Wildman–Crippen LogP) is 1.14. The molecule has 2 aromatic rings. The van der Waals surface area contributed by atoms with Crippen molar-refractivity contribution >= 4 is 5.91 Å². The molecule has 1 amide bonds. The molecule has 0 spiro atoms. The molecule has 4 heterocycles. The second kappa shape index (κ2) is 7.59. The summed E-state index contributed by atoms with van der Waals surface area (Å²) in [6.07, 6.45) is 8.47. The molecule has 0 unspecified atom stereocenters. The number of ether oxygens (including phenoxy) is 1. The van der Waals surface area contributed by atoms with Gasteiger partial charge in [0.25, 0.3) is 5.91 Å². The number of hydrogen-bond acceptors (Lipinski definition) is 5. The van der Waals surface area contributed by atoms with Crippen LogP contribution in [0.2, 0.25) is 0 Å². The summed E-state index contributed by atoms with van der Waals surface area (Å²) in [7, 11) is 1.86. The van der Waals surface area contributed by atoms with Gasteiger partial charge in [-0.05, 0) is 19.3 Å². The van der Waals surface area contributed by atoms with Crippen molar-refractivity contribution in [3.63, 3.8) is 0 Å². The molecular weight excluding hydrogens is 332 g/mol. The first-order valence-corrected chi connectivity index (χ1v) is 9.36. The van der Waals surface area contributed by atoms with Gasteiger partial charge in [-0.15, -0.1) is 0 Å². The Labute approximate surface area is 153 Å². The van der Waals surface area contributed by atoms with Crippen LogP contribution in [0.3, 0.4) is 0 Å². The number of morpholine rings is 1. The van der Waals surface area contributed by atoms with Gasteiger partial charge in [-0.2, -0.15) is 10.2 Å². The van der Waals surface area contributed by atoms with Crippen molar-refractivity contribution in [2.45, 2.75) is 25.3 Å². The van der Waals surface area contributed by atoms with E-state index in [-0.39, 0.29) is 5.91 Å². The first-order valence-electron chi connectivity index (χ1n) is 9.36. The summed E-state index contributed by atoms with van der Waals surface area (Å²) >= 11 is 0. The van der Waals surface area contributed by atoms with Gasteiger partial charge in [0.15, 0.2) is 0 Å². The zero-order chi connectivity index (χ0) is 17.9. The largest absolute Gasteiger partial charge is 0.379 e. The van der Waals surface area contributed by atoms with E-state index in [1.165, 1.54) is 0 Å². The number of aromatic nitrogens is 4. The predicted molar refractivity (Wildman–Crippen MR) is 96.7 cm³/mol. The topological polar surface area (TPSA) is 79.3 Å². The number of aromatic amines is 1. The molecule has 0 aliphatic carbocycles. The standard InChI is InChI=1S/C18H26N6O2/c1-22-13-14(11-20-22)17-16(12-19-21-17)18(25)24-5-2-3-15(4-6-24)23-7-9-26-10-8-23/h11-13,15H,2-10H2,1H3,(H,19,21)/t15-/m0/s1. The summed E-state index contributed by atoms with van der Waals surface area (Å²) in [6, 6.07) is 0.554. The molecule has 1 N–H and O–H groups in total. The molecule has 140 valence electrons. The molecule has 0 radical (unpaired) electrons. The Morgan fingerprint density at radius 3 is 2.81 bits per heavy atom. The Kier molecular flexibility index (Phi) is 5.03. The number of hydrogen-bond donors (Lipinski definition) is 1. The highest BCUT2D eigenvalue weighted by molar-refractivity contribution is 5.99. The fourth-order valence-electron chi connectivity index (χ4n) is 3.98. The minimum Gasteiger partial charge on any atom is -0.379 e. The minimum absolute atomic E-state index is 0.0558. The molecule has 26 heavy (non-hydrogen) atoms. The third kappa shape index (κ3) is 3.52. The zero-order valence-electron chi connectivity index (χ0n) is 15.2. The van der Waals surface area contributed by atoms with E-state index in [0.717, 1.165) is 69.9 Å². The molecule has 2 aliphatic heterocycles. The second-order valence-electron chi connectivity index (χ2n) is 7.09. The van der Waals surface area contributed by atoms with E-state index < -0.39 is 0 Å². The van der Waals surface area contributed by atoms with Crippen LogP contribution in [0.1, 0.15) is 29.6 Å². The lowest BCUT2D eigenvalue weighted by Gasteiger charge is -2.34. The number of H-pyrrole nitrogens is 1. The van der Waals surface area contributed by atoms with E-state index in [4.69, 9.17) is 4.74 Å². The number of aryl methyl sites for hydroxylation is 1. The van der Waals surface area contributed by atoms with Gasteiger partial charge in [-0.1, -0.05) is 0 Å². The van der Waals surface area contributed by atoms with Crippen LogP contribution >= 0.6 is 0 Å². The maximum absolute atomic E-state index is 13.1. The first kappa shape index (κ1) is 17.2. The van der Waals surface area contributed by atoms with E-state index >= 15 is 0 Å². The Morgan fingerprint density at radius 1 is 1.19 bits per heavy atom. The quantitative estimate of drug-likeness (QED) is 0.890.